The fourth-order valence-corrected chi connectivity index (χ4v) is 3.68. The van der Waals surface area contributed by atoms with E-state index in [0.717, 1.165) is 22.3 Å². The number of nitrogens with zero attached hydrogens (tertiary/aromatic N) is 1. The molecule has 0 heterocycles. The molecule has 0 aromatic heterocycles. The Morgan fingerprint density at radius 2 is 1.95 bits per heavy atom. The van der Waals surface area contributed by atoms with Crippen LogP contribution in [0.1, 0.15) is 23.6 Å². The Morgan fingerprint density at radius 1 is 1.35 bits per heavy atom. The molecule has 4 nitrogen and oxygen atoms in total. The van der Waals surface area contributed by atoms with Crippen LogP contribution < -0.4 is 5.32 Å². The summed E-state index contributed by atoms with van der Waals surface area (Å²) >= 11 is 0. The van der Waals surface area contributed by atoms with Crippen molar-refractivity contribution in [1.82, 2.24) is 9.62 Å². The van der Waals surface area contributed by atoms with Gasteiger partial charge in [0, 0.05) is 20.1 Å². The summed E-state index contributed by atoms with van der Waals surface area (Å²) in [6.45, 7) is 10.4. The van der Waals surface area contributed by atoms with Gasteiger partial charge in [-0.2, -0.15) is 4.31 Å². The van der Waals surface area contributed by atoms with Crippen molar-refractivity contribution < 1.29 is 8.42 Å². The van der Waals surface area contributed by atoms with Crippen molar-refractivity contribution in [2.24, 2.45) is 0 Å². The average molecular weight is 296 g/mol. The van der Waals surface area contributed by atoms with Crippen LogP contribution in [0.3, 0.4) is 0 Å². The Bertz CT molecular complexity index is 607. The summed E-state index contributed by atoms with van der Waals surface area (Å²) < 4.78 is 26.7. The van der Waals surface area contributed by atoms with Crippen LogP contribution in [0.5, 0.6) is 0 Å². The predicted molar refractivity (Wildman–Crippen MR) is 83.3 cm³/mol. The van der Waals surface area contributed by atoms with E-state index in [1.165, 1.54) is 4.31 Å². The Balaban J connectivity index is 3.33. The maximum Gasteiger partial charge on any atom is 0.243 e. The van der Waals surface area contributed by atoms with Crippen molar-refractivity contribution in [3.8, 4) is 0 Å². The maximum absolute atomic E-state index is 12.7. The molecule has 0 saturated heterocycles. The van der Waals surface area contributed by atoms with Gasteiger partial charge in [-0.05, 0) is 50.6 Å². The van der Waals surface area contributed by atoms with Gasteiger partial charge in [0.15, 0.2) is 0 Å². The molecule has 1 aromatic carbocycles. The van der Waals surface area contributed by atoms with E-state index in [1.807, 2.05) is 33.9 Å². The first kappa shape index (κ1) is 16.9. The molecule has 0 radical (unpaired) electrons. The molecule has 5 heteroatoms. The first-order valence-corrected chi connectivity index (χ1v) is 7.99. The van der Waals surface area contributed by atoms with E-state index in [0.29, 0.717) is 18.0 Å². The Hall–Kier alpha value is -1.17. The van der Waals surface area contributed by atoms with Crippen LogP contribution >= 0.6 is 0 Å². The normalized spacial score (nSPS) is 11.9. The summed E-state index contributed by atoms with van der Waals surface area (Å²) in [6.07, 6.45) is 0. The smallest absolute Gasteiger partial charge is 0.243 e. The van der Waals surface area contributed by atoms with E-state index in [9.17, 15) is 8.42 Å². The van der Waals surface area contributed by atoms with Gasteiger partial charge in [-0.1, -0.05) is 18.2 Å². The van der Waals surface area contributed by atoms with Gasteiger partial charge < -0.3 is 5.32 Å². The number of rotatable bonds is 6. The molecule has 0 bridgehead atoms. The molecule has 0 unspecified atom stereocenters. The molecule has 0 atom stereocenters. The minimum absolute atomic E-state index is 0.330. The van der Waals surface area contributed by atoms with Crippen molar-refractivity contribution in [1.29, 1.82) is 0 Å². The molecular weight excluding hydrogens is 272 g/mol. The van der Waals surface area contributed by atoms with Gasteiger partial charge in [0.2, 0.25) is 10.0 Å². The number of hydrogen-bond acceptors (Lipinski definition) is 3. The van der Waals surface area contributed by atoms with Gasteiger partial charge in [-0.3, -0.25) is 0 Å². The second kappa shape index (κ2) is 6.52. The van der Waals surface area contributed by atoms with Crippen LogP contribution in [0.25, 0.3) is 0 Å². The molecule has 1 aromatic rings. The van der Waals surface area contributed by atoms with E-state index >= 15 is 0 Å². The average Bonchev–Trinajstić information content (AvgIpc) is 2.32. The molecule has 1 rings (SSSR count). The number of nitrogens with one attached hydrogen (secondary N) is 1. The fourth-order valence-electron chi connectivity index (χ4n) is 2.11. The Morgan fingerprint density at radius 3 is 2.45 bits per heavy atom. The van der Waals surface area contributed by atoms with E-state index in [4.69, 9.17) is 0 Å². The second-order valence-electron chi connectivity index (χ2n) is 5.28. The van der Waals surface area contributed by atoms with Crippen LogP contribution in [-0.4, -0.2) is 33.4 Å². The van der Waals surface area contributed by atoms with Crippen molar-refractivity contribution >= 4 is 10.0 Å². The molecule has 0 aliphatic carbocycles. The lowest BCUT2D eigenvalue weighted by Crippen LogP contribution is -2.29. The highest BCUT2D eigenvalue weighted by molar-refractivity contribution is 7.89. The molecule has 1 N–H and O–H groups in total. The summed E-state index contributed by atoms with van der Waals surface area (Å²) in [4.78, 5) is 0.381. The van der Waals surface area contributed by atoms with E-state index in [2.05, 4.69) is 11.9 Å². The summed E-state index contributed by atoms with van der Waals surface area (Å²) in [5.41, 5.74) is 3.58. The number of aryl methyl sites for hydroxylation is 1. The topological polar surface area (TPSA) is 49.4 Å². The van der Waals surface area contributed by atoms with E-state index in [-0.39, 0.29) is 0 Å². The third-order valence-corrected chi connectivity index (χ3v) is 5.17. The van der Waals surface area contributed by atoms with Crippen molar-refractivity contribution in [2.75, 3.05) is 20.6 Å². The summed E-state index contributed by atoms with van der Waals surface area (Å²) in [5, 5.41) is 3.05. The van der Waals surface area contributed by atoms with Crippen molar-refractivity contribution in [2.45, 2.75) is 32.2 Å². The molecular formula is C15H24N2O2S. The summed E-state index contributed by atoms with van der Waals surface area (Å²) in [7, 11) is -0.0527. The third kappa shape index (κ3) is 3.69. The number of likely N-dealkylation sites (N-methyl/N-ethyl adjacent to an activating group) is 1. The molecule has 0 saturated carbocycles. The Labute approximate surface area is 122 Å². The standard InChI is InChI=1S/C15H24N2O2S/c1-11(2)10-17(6)20(18,19)15-8-14(9-16-5)7-12(3)13(15)4/h7-8,16H,1,9-10H2,2-6H3. The fraction of sp³-hybridized carbons (Fsp3) is 0.467. The minimum Gasteiger partial charge on any atom is -0.316 e. The molecule has 0 aliphatic heterocycles. The minimum atomic E-state index is -3.48. The van der Waals surface area contributed by atoms with Gasteiger partial charge in [0.25, 0.3) is 0 Å². The molecule has 0 aliphatic rings. The van der Waals surface area contributed by atoms with Crippen molar-refractivity contribution in [3.05, 3.63) is 41.0 Å². The molecule has 20 heavy (non-hydrogen) atoms. The van der Waals surface area contributed by atoms with Crippen molar-refractivity contribution in [3.63, 3.8) is 0 Å². The molecule has 0 fully saturated rings. The number of benzene rings is 1. The maximum atomic E-state index is 12.7. The highest BCUT2D eigenvalue weighted by Crippen LogP contribution is 2.24. The van der Waals surface area contributed by atoms with Crippen LogP contribution in [0, 0.1) is 13.8 Å². The largest absolute Gasteiger partial charge is 0.316 e. The lowest BCUT2D eigenvalue weighted by molar-refractivity contribution is 0.492. The molecule has 112 valence electrons. The zero-order valence-electron chi connectivity index (χ0n) is 12.9. The summed E-state index contributed by atoms with van der Waals surface area (Å²) in [5.74, 6) is 0. The van der Waals surface area contributed by atoms with Gasteiger partial charge in [-0.15, -0.1) is 0 Å². The van der Waals surface area contributed by atoms with E-state index < -0.39 is 10.0 Å². The lowest BCUT2D eigenvalue weighted by atomic mass is 10.1. The number of sulfonamides is 1. The van der Waals surface area contributed by atoms with Gasteiger partial charge in [-0.25, -0.2) is 8.42 Å². The first-order valence-electron chi connectivity index (χ1n) is 6.55. The monoisotopic (exact) mass is 296 g/mol. The Kier molecular flexibility index (Phi) is 5.50. The first-order chi connectivity index (χ1) is 9.20. The van der Waals surface area contributed by atoms with Crippen LogP contribution in [0.2, 0.25) is 0 Å². The zero-order chi connectivity index (χ0) is 15.5. The van der Waals surface area contributed by atoms with Gasteiger partial charge in [0.1, 0.15) is 0 Å². The lowest BCUT2D eigenvalue weighted by Gasteiger charge is -2.20. The number of hydrogen-bond donors (Lipinski definition) is 1. The highest BCUT2D eigenvalue weighted by atomic mass is 32.2. The van der Waals surface area contributed by atoms with Crippen LogP contribution in [-0.2, 0) is 16.6 Å². The molecule has 0 spiro atoms. The highest BCUT2D eigenvalue weighted by Gasteiger charge is 2.23. The van der Waals surface area contributed by atoms with E-state index in [1.54, 1.807) is 13.1 Å². The van der Waals surface area contributed by atoms with Gasteiger partial charge >= 0.3 is 0 Å². The van der Waals surface area contributed by atoms with Gasteiger partial charge in [0.05, 0.1) is 4.90 Å². The van der Waals surface area contributed by atoms with Crippen LogP contribution in [0.4, 0.5) is 0 Å². The van der Waals surface area contributed by atoms with Crippen LogP contribution in [0.15, 0.2) is 29.2 Å². The summed E-state index contributed by atoms with van der Waals surface area (Å²) in [6, 6.07) is 3.77. The molecule has 0 amide bonds. The second-order valence-corrected chi connectivity index (χ2v) is 7.30. The quantitative estimate of drug-likeness (QED) is 0.819. The third-order valence-electron chi connectivity index (χ3n) is 3.24. The zero-order valence-corrected chi connectivity index (χ0v) is 13.8. The predicted octanol–water partition coefficient (Wildman–Crippen LogP) is 2.22. The SMILES string of the molecule is C=C(C)CN(C)S(=O)(=O)c1cc(CNC)cc(C)c1C.